The Kier molecular flexibility index (Phi) is 6.45. The normalized spacial score (nSPS) is 16.8. The van der Waals surface area contributed by atoms with Crippen LogP contribution in [0.1, 0.15) is 35.0 Å². The van der Waals surface area contributed by atoms with Crippen molar-refractivity contribution in [1.29, 1.82) is 0 Å². The molecule has 1 fully saturated rings. The number of nitrogens with zero attached hydrogens (tertiary/aromatic N) is 1. The zero-order valence-corrected chi connectivity index (χ0v) is 16.0. The van der Waals surface area contributed by atoms with Crippen LogP contribution in [-0.2, 0) is 16.1 Å². The highest BCUT2D eigenvalue weighted by molar-refractivity contribution is 7.12. The molecule has 1 aliphatic heterocycles. The minimum absolute atomic E-state index is 0.0676. The van der Waals surface area contributed by atoms with Gasteiger partial charge in [-0.15, -0.1) is 11.3 Å². The standard InChI is InChI=1S/C20H22FNO4S/c1-2-25-20(24)15-4-3-9-22(11-15)19(23)18-10-14(13-27-18)12-26-17-7-5-16(21)6-8-17/h5-8,10,13,15H,2-4,9,11-12H2,1H3. The highest BCUT2D eigenvalue weighted by Crippen LogP contribution is 2.23. The second kappa shape index (κ2) is 8.99. The van der Waals surface area contributed by atoms with Gasteiger partial charge in [0, 0.05) is 18.7 Å². The Balaban J connectivity index is 1.57. The van der Waals surface area contributed by atoms with E-state index in [9.17, 15) is 14.0 Å². The molecule has 2 aromatic rings. The Labute approximate surface area is 161 Å². The van der Waals surface area contributed by atoms with Crippen molar-refractivity contribution in [3.8, 4) is 5.75 Å². The van der Waals surface area contributed by atoms with E-state index in [2.05, 4.69) is 0 Å². The molecule has 0 saturated carbocycles. The fourth-order valence-corrected chi connectivity index (χ4v) is 3.89. The van der Waals surface area contributed by atoms with Gasteiger partial charge in [0.05, 0.1) is 17.4 Å². The van der Waals surface area contributed by atoms with Crippen LogP contribution in [0.15, 0.2) is 35.7 Å². The molecular formula is C20H22FNO4S. The number of benzene rings is 1. The minimum atomic E-state index is -0.312. The first-order chi connectivity index (χ1) is 13.1. The van der Waals surface area contributed by atoms with Gasteiger partial charge in [-0.1, -0.05) is 0 Å². The van der Waals surface area contributed by atoms with Gasteiger partial charge in [-0.3, -0.25) is 9.59 Å². The lowest BCUT2D eigenvalue weighted by atomic mass is 9.98. The fourth-order valence-electron chi connectivity index (χ4n) is 3.03. The van der Waals surface area contributed by atoms with E-state index in [0.717, 1.165) is 18.4 Å². The molecule has 0 N–H and O–H groups in total. The molecule has 7 heteroatoms. The predicted molar refractivity (Wildman–Crippen MR) is 100 cm³/mol. The lowest BCUT2D eigenvalue weighted by Crippen LogP contribution is -2.42. The smallest absolute Gasteiger partial charge is 0.310 e. The average Bonchev–Trinajstić information content (AvgIpc) is 3.16. The third kappa shape index (κ3) is 5.07. The van der Waals surface area contributed by atoms with Gasteiger partial charge in [0.15, 0.2) is 0 Å². The number of hydrogen-bond donors (Lipinski definition) is 0. The van der Waals surface area contributed by atoms with Crippen molar-refractivity contribution in [2.45, 2.75) is 26.4 Å². The number of carbonyl (C=O) groups is 2. The summed E-state index contributed by atoms with van der Waals surface area (Å²) in [6.07, 6.45) is 1.55. The molecule has 0 bridgehead atoms. The molecule has 5 nitrogen and oxygen atoms in total. The second-order valence-electron chi connectivity index (χ2n) is 6.40. The van der Waals surface area contributed by atoms with Crippen molar-refractivity contribution in [2.75, 3.05) is 19.7 Å². The summed E-state index contributed by atoms with van der Waals surface area (Å²) < 4.78 is 23.6. The molecule has 1 unspecified atom stereocenters. The van der Waals surface area contributed by atoms with Crippen molar-refractivity contribution >= 4 is 23.2 Å². The van der Waals surface area contributed by atoms with Crippen molar-refractivity contribution < 1.29 is 23.5 Å². The third-order valence-electron chi connectivity index (χ3n) is 4.41. The average molecular weight is 391 g/mol. The Morgan fingerprint density at radius 3 is 2.81 bits per heavy atom. The Morgan fingerprint density at radius 1 is 1.30 bits per heavy atom. The first-order valence-corrected chi connectivity index (χ1v) is 9.86. The molecule has 1 aliphatic rings. The summed E-state index contributed by atoms with van der Waals surface area (Å²) in [4.78, 5) is 27.0. The number of hydrogen-bond acceptors (Lipinski definition) is 5. The summed E-state index contributed by atoms with van der Waals surface area (Å²) in [7, 11) is 0. The Morgan fingerprint density at radius 2 is 2.07 bits per heavy atom. The number of rotatable bonds is 6. The summed E-state index contributed by atoms with van der Waals surface area (Å²) >= 11 is 1.36. The van der Waals surface area contributed by atoms with Crippen LogP contribution < -0.4 is 4.74 Å². The van der Waals surface area contributed by atoms with Crippen molar-refractivity contribution in [3.63, 3.8) is 0 Å². The summed E-state index contributed by atoms with van der Waals surface area (Å²) in [5.74, 6) is -0.280. The van der Waals surface area contributed by atoms with Crippen LogP contribution in [0.5, 0.6) is 5.75 Å². The molecule has 1 saturated heterocycles. The van der Waals surface area contributed by atoms with E-state index in [1.54, 1.807) is 24.0 Å². The van der Waals surface area contributed by atoms with Crippen LogP contribution in [0.3, 0.4) is 0 Å². The number of thiophene rings is 1. The van der Waals surface area contributed by atoms with Crippen LogP contribution >= 0.6 is 11.3 Å². The number of carbonyl (C=O) groups excluding carboxylic acids is 2. The summed E-state index contributed by atoms with van der Waals surface area (Å²) in [6.45, 7) is 3.49. The van der Waals surface area contributed by atoms with E-state index in [0.29, 0.717) is 36.9 Å². The van der Waals surface area contributed by atoms with E-state index < -0.39 is 0 Å². The first kappa shape index (κ1) is 19.4. The SMILES string of the molecule is CCOC(=O)C1CCCN(C(=O)c2cc(COc3ccc(F)cc3)cs2)C1. The molecule has 0 radical (unpaired) electrons. The number of halogens is 1. The van der Waals surface area contributed by atoms with Gasteiger partial charge in [-0.05, 0) is 55.5 Å². The van der Waals surface area contributed by atoms with Gasteiger partial charge in [0.25, 0.3) is 5.91 Å². The Hall–Kier alpha value is -2.41. The van der Waals surface area contributed by atoms with Crippen LogP contribution in [0.4, 0.5) is 4.39 Å². The lowest BCUT2D eigenvalue weighted by Gasteiger charge is -2.31. The quantitative estimate of drug-likeness (QED) is 0.701. The highest BCUT2D eigenvalue weighted by Gasteiger charge is 2.30. The first-order valence-electron chi connectivity index (χ1n) is 8.98. The van der Waals surface area contributed by atoms with Crippen LogP contribution in [-0.4, -0.2) is 36.5 Å². The third-order valence-corrected chi connectivity index (χ3v) is 5.38. The van der Waals surface area contributed by atoms with Gasteiger partial charge in [-0.2, -0.15) is 0 Å². The zero-order chi connectivity index (χ0) is 19.2. The molecule has 144 valence electrons. The Bertz CT molecular complexity index is 790. The maximum absolute atomic E-state index is 12.9. The molecular weight excluding hydrogens is 369 g/mol. The molecule has 0 spiro atoms. The molecule has 0 aliphatic carbocycles. The maximum atomic E-state index is 12.9. The van der Waals surface area contributed by atoms with E-state index in [-0.39, 0.29) is 23.6 Å². The zero-order valence-electron chi connectivity index (χ0n) is 15.2. The largest absolute Gasteiger partial charge is 0.489 e. The number of ether oxygens (including phenoxy) is 2. The van der Waals surface area contributed by atoms with Crippen LogP contribution in [0.25, 0.3) is 0 Å². The van der Waals surface area contributed by atoms with Gasteiger partial charge in [0.2, 0.25) is 0 Å². The summed E-state index contributed by atoms with van der Waals surface area (Å²) in [5.41, 5.74) is 0.881. The molecule has 3 rings (SSSR count). The van der Waals surface area contributed by atoms with E-state index in [1.165, 1.54) is 23.5 Å². The maximum Gasteiger partial charge on any atom is 0.310 e. The number of amides is 1. The number of esters is 1. The minimum Gasteiger partial charge on any atom is -0.489 e. The molecule has 1 aromatic carbocycles. The highest BCUT2D eigenvalue weighted by atomic mass is 32.1. The molecule has 1 atom stereocenters. The topological polar surface area (TPSA) is 55.8 Å². The van der Waals surface area contributed by atoms with Crippen molar-refractivity contribution in [3.05, 3.63) is 52.0 Å². The molecule has 1 aromatic heterocycles. The van der Waals surface area contributed by atoms with Gasteiger partial charge in [0.1, 0.15) is 18.2 Å². The summed E-state index contributed by atoms with van der Waals surface area (Å²) in [6, 6.07) is 7.63. The lowest BCUT2D eigenvalue weighted by molar-refractivity contribution is -0.149. The van der Waals surface area contributed by atoms with Crippen molar-refractivity contribution in [1.82, 2.24) is 4.90 Å². The molecule has 2 heterocycles. The molecule has 1 amide bonds. The van der Waals surface area contributed by atoms with Crippen molar-refractivity contribution in [2.24, 2.45) is 5.92 Å². The number of likely N-dealkylation sites (tertiary alicyclic amines) is 1. The van der Waals surface area contributed by atoms with E-state index in [4.69, 9.17) is 9.47 Å². The van der Waals surface area contributed by atoms with Gasteiger partial charge in [-0.25, -0.2) is 4.39 Å². The molecule has 27 heavy (non-hydrogen) atoms. The van der Waals surface area contributed by atoms with Gasteiger partial charge >= 0.3 is 5.97 Å². The van der Waals surface area contributed by atoms with Crippen LogP contribution in [0, 0.1) is 11.7 Å². The van der Waals surface area contributed by atoms with Crippen LogP contribution in [0.2, 0.25) is 0 Å². The van der Waals surface area contributed by atoms with E-state index in [1.807, 2.05) is 11.4 Å². The second-order valence-corrected chi connectivity index (χ2v) is 7.32. The monoisotopic (exact) mass is 391 g/mol. The van der Waals surface area contributed by atoms with E-state index >= 15 is 0 Å². The fraction of sp³-hybridized carbons (Fsp3) is 0.400. The van der Waals surface area contributed by atoms with Gasteiger partial charge < -0.3 is 14.4 Å². The number of piperidine rings is 1. The predicted octanol–water partition coefficient (Wildman–Crippen LogP) is 3.88. The summed E-state index contributed by atoms with van der Waals surface area (Å²) in [5, 5.41) is 1.88.